The Morgan fingerprint density at radius 1 is 0.909 bits per heavy atom. The molecule has 0 aromatic heterocycles. The van der Waals surface area contributed by atoms with Gasteiger partial charge < -0.3 is 4.74 Å². The van der Waals surface area contributed by atoms with E-state index in [4.69, 9.17) is 4.74 Å². The van der Waals surface area contributed by atoms with Crippen molar-refractivity contribution in [3.63, 3.8) is 0 Å². The predicted octanol–water partition coefficient (Wildman–Crippen LogP) is 3.84. The number of rotatable bonds is 6. The van der Waals surface area contributed by atoms with Crippen LogP contribution in [0.1, 0.15) is 11.1 Å². The normalized spacial score (nSPS) is 14.8. The second kappa shape index (κ2) is 9.15. The zero-order valence-electron chi connectivity index (χ0n) is 17.1. The number of nitrogens with zero attached hydrogens (tertiary/aromatic N) is 2. The molecule has 4 amide bonds. The van der Waals surface area contributed by atoms with Gasteiger partial charge in [-0.05, 0) is 53.6 Å². The number of non-ortho nitro benzene ring substituents is 1. The number of ether oxygens (including phenoxy) is 1. The highest BCUT2D eigenvalue weighted by molar-refractivity contribution is 6.39. The Balaban J connectivity index is 1.53. The monoisotopic (exact) mass is 443 g/mol. The number of urea groups is 1. The minimum Gasteiger partial charge on any atom is -0.489 e. The van der Waals surface area contributed by atoms with Crippen molar-refractivity contribution in [2.75, 3.05) is 4.90 Å². The molecule has 9 nitrogen and oxygen atoms in total. The number of nitrogens with one attached hydrogen (secondary N) is 1. The average Bonchev–Trinajstić information content (AvgIpc) is 2.82. The zero-order chi connectivity index (χ0) is 23.4. The van der Waals surface area contributed by atoms with E-state index >= 15 is 0 Å². The number of carbonyl (C=O) groups is 3. The number of carbonyl (C=O) groups excluding carboxylic acids is 3. The van der Waals surface area contributed by atoms with Crippen LogP contribution in [0.25, 0.3) is 6.08 Å². The highest BCUT2D eigenvalue weighted by Gasteiger charge is 2.36. The molecule has 0 unspecified atom stereocenters. The number of imide groups is 2. The summed E-state index contributed by atoms with van der Waals surface area (Å²) in [6.07, 6.45) is 1.28. The number of nitro benzene ring substituents is 1. The van der Waals surface area contributed by atoms with Crippen molar-refractivity contribution >= 4 is 35.3 Å². The van der Waals surface area contributed by atoms with E-state index in [1.165, 1.54) is 42.5 Å². The molecule has 164 valence electrons. The van der Waals surface area contributed by atoms with Crippen LogP contribution in [0, 0.1) is 10.1 Å². The van der Waals surface area contributed by atoms with Gasteiger partial charge in [-0.2, -0.15) is 0 Å². The van der Waals surface area contributed by atoms with Crippen LogP contribution in [-0.4, -0.2) is 22.8 Å². The van der Waals surface area contributed by atoms with Crippen LogP contribution in [0.3, 0.4) is 0 Å². The van der Waals surface area contributed by atoms with E-state index in [-0.39, 0.29) is 16.9 Å². The van der Waals surface area contributed by atoms with Gasteiger partial charge in [0.25, 0.3) is 17.5 Å². The van der Waals surface area contributed by atoms with Crippen LogP contribution in [-0.2, 0) is 16.2 Å². The van der Waals surface area contributed by atoms with E-state index in [9.17, 15) is 24.5 Å². The molecule has 1 saturated heterocycles. The third-order valence-electron chi connectivity index (χ3n) is 4.86. The smallest absolute Gasteiger partial charge is 0.335 e. The van der Waals surface area contributed by atoms with Crippen molar-refractivity contribution in [2.24, 2.45) is 0 Å². The maximum Gasteiger partial charge on any atom is 0.335 e. The average molecular weight is 443 g/mol. The van der Waals surface area contributed by atoms with Crippen molar-refractivity contribution in [3.05, 3.63) is 106 Å². The first-order valence-corrected chi connectivity index (χ1v) is 9.85. The van der Waals surface area contributed by atoms with Gasteiger partial charge in [-0.25, -0.2) is 9.69 Å². The Morgan fingerprint density at radius 3 is 2.21 bits per heavy atom. The molecule has 4 rings (SSSR count). The number of barbiturate groups is 1. The molecule has 0 spiro atoms. The third-order valence-corrected chi connectivity index (χ3v) is 4.86. The van der Waals surface area contributed by atoms with Gasteiger partial charge in [0.15, 0.2) is 0 Å². The van der Waals surface area contributed by atoms with Gasteiger partial charge in [-0.3, -0.25) is 25.0 Å². The molecule has 33 heavy (non-hydrogen) atoms. The van der Waals surface area contributed by atoms with Gasteiger partial charge in [-0.1, -0.05) is 30.3 Å². The van der Waals surface area contributed by atoms with Crippen LogP contribution in [0.15, 0.2) is 84.4 Å². The number of nitro groups is 1. The number of anilines is 1. The molecule has 1 aliphatic rings. The number of hydrogen-bond acceptors (Lipinski definition) is 6. The maximum atomic E-state index is 13.0. The van der Waals surface area contributed by atoms with Crippen LogP contribution in [0.4, 0.5) is 16.2 Å². The minimum atomic E-state index is -0.871. The second-order valence-electron chi connectivity index (χ2n) is 7.07. The lowest BCUT2D eigenvalue weighted by Gasteiger charge is -2.26. The van der Waals surface area contributed by atoms with Crippen molar-refractivity contribution in [2.45, 2.75) is 6.61 Å². The molecule has 1 aliphatic heterocycles. The summed E-state index contributed by atoms with van der Waals surface area (Å²) in [6.45, 7) is 0.361. The van der Waals surface area contributed by atoms with E-state index in [0.29, 0.717) is 17.9 Å². The summed E-state index contributed by atoms with van der Waals surface area (Å²) in [5.74, 6) is -1.10. The van der Waals surface area contributed by atoms with E-state index in [1.807, 2.05) is 30.3 Å². The standard InChI is InChI=1S/C24H17N3O6/c28-22-21(14-16-6-8-19(9-7-16)27(31)32)23(29)26(24(30)25-22)18-10-12-20(13-11-18)33-15-17-4-2-1-3-5-17/h1-14H,15H2,(H,25,28,30)/b21-14+. The minimum absolute atomic E-state index is 0.122. The van der Waals surface area contributed by atoms with Crippen LogP contribution >= 0.6 is 0 Å². The first-order chi connectivity index (χ1) is 15.9. The van der Waals surface area contributed by atoms with Crippen LogP contribution in [0.2, 0.25) is 0 Å². The SMILES string of the molecule is O=C1NC(=O)N(c2ccc(OCc3ccccc3)cc2)C(=O)/C1=C/c1ccc([N+](=O)[O-])cc1. The highest BCUT2D eigenvalue weighted by Crippen LogP contribution is 2.25. The Kier molecular flexibility index (Phi) is 5.94. The third kappa shape index (κ3) is 4.77. The molecular weight excluding hydrogens is 426 g/mol. The summed E-state index contributed by atoms with van der Waals surface area (Å²) in [6, 6.07) is 20.4. The van der Waals surface area contributed by atoms with Gasteiger partial charge >= 0.3 is 6.03 Å². The summed E-state index contributed by atoms with van der Waals surface area (Å²) >= 11 is 0. The molecule has 0 radical (unpaired) electrons. The van der Waals surface area contributed by atoms with Gasteiger partial charge in [0.1, 0.15) is 17.9 Å². The zero-order valence-corrected chi connectivity index (χ0v) is 17.1. The first-order valence-electron chi connectivity index (χ1n) is 9.85. The molecule has 9 heteroatoms. The molecule has 3 aromatic carbocycles. The summed E-state index contributed by atoms with van der Waals surface area (Å²) in [5.41, 5.74) is 1.26. The van der Waals surface area contributed by atoms with E-state index in [2.05, 4.69) is 5.32 Å². The quantitative estimate of drug-likeness (QED) is 0.268. The molecule has 0 atom stereocenters. The molecular formula is C24H17N3O6. The Morgan fingerprint density at radius 2 is 1.58 bits per heavy atom. The molecule has 0 aliphatic carbocycles. The number of hydrogen-bond donors (Lipinski definition) is 1. The van der Waals surface area contributed by atoms with Gasteiger partial charge in [-0.15, -0.1) is 0 Å². The van der Waals surface area contributed by atoms with Crippen LogP contribution in [0.5, 0.6) is 5.75 Å². The number of amides is 4. The van der Waals surface area contributed by atoms with Gasteiger partial charge in [0.2, 0.25) is 0 Å². The molecule has 0 bridgehead atoms. The van der Waals surface area contributed by atoms with Gasteiger partial charge in [0.05, 0.1) is 10.6 Å². The molecule has 3 aromatic rings. The molecule has 0 saturated carbocycles. The molecule has 1 N–H and O–H groups in total. The van der Waals surface area contributed by atoms with E-state index in [1.54, 1.807) is 12.1 Å². The summed E-state index contributed by atoms with van der Waals surface area (Å²) < 4.78 is 5.71. The molecule has 1 fully saturated rings. The Labute approximate surface area is 188 Å². The van der Waals surface area contributed by atoms with Crippen molar-refractivity contribution in [1.82, 2.24) is 5.32 Å². The fourth-order valence-corrected chi connectivity index (χ4v) is 3.18. The lowest BCUT2D eigenvalue weighted by Crippen LogP contribution is -2.54. The Bertz CT molecular complexity index is 1250. The van der Waals surface area contributed by atoms with Crippen LogP contribution < -0.4 is 15.0 Å². The number of benzene rings is 3. The van der Waals surface area contributed by atoms with Crippen molar-refractivity contribution in [3.8, 4) is 5.75 Å². The van der Waals surface area contributed by atoms with Gasteiger partial charge in [0, 0.05) is 12.1 Å². The van der Waals surface area contributed by atoms with Crippen molar-refractivity contribution in [1.29, 1.82) is 0 Å². The second-order valence-corrected chi connectivity index (χ2v) is 7.07. The fourth-order valence-electron chi connectivity index (χ4n) is 3.18. The fraction of sp³-hybridized carbons (Fsp3) is 0.0417. The lowest BCUT2D eigenvalue weighted by atomic mass is 10.1. The first kappa shape index (κ1) is 21.4. The van der Waals surface area contributed by atoms with Crippen molar-refractivity contribution < 1.29 is 24.0 Å². The summed E-state index contributed by atoms with van der Waals surface area (Å²) in [7, 11) is 0. The maximum absolute atomic E-state index is 13.0. The largest absolute Gasteiger partial charge is 0.489 e. The summed E-state index contributed by atoms with van der Waals surface area (Å²) in [5, 5.41) is 12.9. The predicted molar refractivity (Wildman–Crippen MR) is 119 cm³/mol. The lowest BCUT2D eigenvalue weighted by molar-refractivity contribution is -0.384. The van der Waals surface area contributed by atoms with E-state index < -0.39 is 22.8 Å². The molecule has 1 heterocycles. The highest BCUT2D eigenvalue weighted by atomic mass is 16.6. The summed E-state index contributed by atoms with van der Waals surface area (Å²) in [4.78, 5) is 48.7. The Hall–Kier alpha value is -4.79. The van der Waals surface area contributed by atoms with E-state index in [0.717, 1.165) is 10.5 Å². The topological polar surface area (TPSA) is 119 Å².